The predicted molar refractivity (Wildman–Crippen MR) is 165 cm³/mol. The molecule has 14 nitrogen and oxygen atoms in total. The number of nitrogen functional groups attached to an aromatic ring is 2. The summed E-state index contributed by atoms with van der Waals surface area (Å²) in [6.07, 6.45) is 2.17. The molecule has 0 aliphatic rings. The second-order valence-electron chi connectivity index (χ2n) is 9.14. The lowest BCUT2D eigenvalue weighted by Crippen LogP contribution is -2.14. The molecule has 232 valence electrons. The van der Waals surface area contributed by atoms with Crippen molar-refractivity contribution in [1.29, 1.82) is 0 Å². The normalized spacial score (nSPS) is 12.7. The van der Waals surface area contributed by atoms with Gasteiger partial charge >= 0.3 is 0 Å². The molecule has 0 saturated heterocycles. The van der Waals surface area contributed by atoms with Gasteiger partial charge in [-0.05, 0) is 83.9 Å². The summed E-state index contributed by atoms with van der Waals surface area (Å²) in [5.41, 5.74) is 11.0. The Morgan fingerprint density at radius 3 is 1.11 bits per heavy atom. The third-order valence-corrected chi connectivity index (χ3v) is 10.5. The molecule has 0 aromatic heterocycles. The first-order valence-electron chi connectivity index (χ1n) is 12.0. The van der Waals surface area contributed by atoms with Crippen molar-refractivity contribution in [2.45, 2.75) is 19.6 Å². The molecule has 18 heteroatoms. The highest BCUT2D eigenvalue weighted by Crippen LogP contribution is 2.28. The van der Waals surface area contributed by atoms with E-state index >= 15 is 0 Å². The van der Waals surface area contributed by atoms with Gasteiger partial charge in [-0.1, -0.05) is 24.3 Å². The van der Waals surface area contributed by atoms with Crippen molar-refractivity contribution in [2.75, 3.05) is 20.9 Å². The van der Waals surface area contributed by atoms with Crippen LogP contribution in [0.15, 0.2) is 105 Å². The average Bonchev–Trinajstić information content (AvgIpc) is 2.92. The molecule has 0 heterocycles. The van der Waals surface area contributed by atoms with Crippen LogP contribution in [-0.4, -0.2) is 42.8 Å². The van der Waals surface area contributed by atoms with E-state index in [1.54, 1.807) is 0 Å². The fourth-order valence-corrected chi connectivity index (χ4v) is 7.34. The van der Waals surface area contributed by atoms with Crippen LogP contribution in [0.1, 0.15) is 11.1 Å². The Balaban J connectivity index is 1.68. The van der Waals surface area contributed by atoms with E-state index in [9.17, 15) is 42.8 Å². The van der Waals surface area contributed by atoms with E-state index in [2.05, 4.69) is 9.44 Å². The molecule has 0 amide bonds. The van der Waals surface area contributed by atoms with E-state index in [0.717, 1.165) is 36.4 Å². The molecule has 0 fully saturated rings. The molecule has 0 aliphatic heterocycles. The Kier molecular flexibility index (Phi) is 8.78. The molecule has 4 aromatic rings. The van der Waals surface area contributed by atoms with Gasteiger partial charge in [-0.25, -0.2) is 16.8 Å². The van der Waals surface area contributed by atoms with Crippen molar-refractivity contribution in [3.8, 4) is 0 Å². The van der Waals surface area contributed by atoms with Crippen LogP contribution >= 0.6 is 0 Å². The highest BCUT2D eigenvalue weighted by molar-refractivity contribution is 7.93. The zero-order chi connectivity index (χ0) is 32.5. The van der Waals surface area contributed by atoms with Crippen molar-refractivity contribution in [3.05, 3.63) is 96.1 Å². The SMILES string of the molecule is Nc1ccc(S(=O)(=O)Nc2ccc(/C=C/c3ccc(NS(=O)(=O)c4ccc(N)cc4)cc3S(=O)(=O)O)c(S(=O)(=O)O)c2)cc1. The average molecular weight is 681 g/mol. The molecule has 0 spiro atoms. The van der Waals surface area contributed by atoms with E-state index in [-0.39, 0.29) is 32.3 Å². The Labute approximate surface area is 253 Å². The first-order valence-corrected chi connectivity index (χ1v) is 17.9. The number of nitrogens with one attached hydrogen (secondary N) is 2. The molecule has 0 bridgehead atoms. The van der Waals surface area contributed by atoms with E-state index in [1.165, 1.54) is 60.7 Å². The van der Waals surface area contributed by atoms with Crippen LogP contribution in [0.3, 0.4) is 0 Å². The van der Waals surface area contributed by atoms with Crippen LogP contribution in [0, 0.1) is 0 Å². The van der Waals surface area contributed by atoms with Gasteiger partial charge in [-0.15, -0.1) is 0 Å². The van der Waals surface area contributed by atoms with Crippen LogP contribution in [0.25, 0.3) is 12.2 Å². The van der Waals surface area contributed by atoms with Gasteiger partial charge in [-0.3, -0.25) is 18.5 Å². The molecule has 0 unspecified atom stereocenters. The highest BCUT2D eigenvalue weighted by Gasteiger charge is 2.21. The van der Waals surface area contributed by atoms with Crippen LogP contribution in [0.4, 0.5) is 22.7 Å². The molecule has 8 N–H and O–H groups in total. The third kappa shape index (κ3) is 7.73. The van der Waals surface area contributed by atoms with Crippen molar-refractivity contribution in [3.63, 3.8) is 0 Å². The van der Waals surface area contributed by atoms with Crippen molar-refractivity contribution in [1.82, 2.24) is 0 Å². The monoisotopic (exact) mass is 680 g/mol. The highest BCUT2D eigenvalue weighted by atomic mass is 32.2. The molecule has 0 saturated carbocycles. The quantitative estimate of drug-likeness (QED) is 0.0803. The summed E-state index contributed by atoms with van der Waals surface area (Å²) in [6, 6.07) is 16.7. The molecule has 4 rings (SSSR count). The van der Waals surface area contributed by atoms with Crippen LogP contribution in [0.5, 0.6) is 0 Å². The lowest BCUT2D eigenvalue weighted by molar-refractivity contribution is 0.480. The third-order valence-electron chi connectivity index (χ3n) is 5.91. The van der Waals surface area contributed by atoms with Crippen molar-refractivity contribution >= 4 is 75.2 Å². The maximum Gasteiger partial charge on any atom is 0.295 e. The molecular weight excluding hydrogens is 657 g/mol. The maximum absolute atomic E-state index is 12.7. The largest absolute Gasteiger partial charge is 0.399 e. The Bertz CT molecular complexity index is 2040. The van der Waals surface area contributed by atoms with E-state index < -0.39 is 50.1 Å². The number of hydrogen-bond acceptors (Lipinski definition) is 10. The van der Waals surface area contributed by atoms with Gasteiger partial charge in [0.1, 0.15) is 9.79 Å². The minimum Gasteiger partial charge on any atom is -0.399 e. The maximum atomic E-state index is 12.7. The number of anilines is 4. The predicted octanol–water partition coefficient (Wildman–Crippen LogP) is 3.12. The van der Waals surface area contributed by atoms with Gasteiger partial charge in [-0.2, -0.15) is 16.8 Å². The summed E-state index contributed by atoms with van der Waals surface area (Å²) in [5, 5.41) is 0. The van der Waals surface area contributed by atoms with Crippen molar-refractivity contribution in [2.24, 2.45) is 0 Å². The Morgan fingerprint density at radius 2 is 0.818 bits per heavy atom. The standard InChI is InChI=1S/C26H24N4O10S4/c27-19-5-11-23(12-6-19)41(31,32)29-21-9-3-17(25(15-21)43(35,36)37)1-2-18-4-10-22(16-26(18)44(38,39)40)30-42(33,34)24-13-7-20(28)8-14-24/h1-16,29-30H,27-28H2,(H,35,36,37)(H,38,39,40)/b2-1+. The summed E-state index contributed by atoms with van der Waals surface area (Å²) < 4.78 is 123. The van der Waals surface area contributed by atoms with Gasteiger partial charge in [0, 0.05) is 11.4 Å². The van der Waals surface area contributed by atoms with Gasteiger partial charge in [0.25, 0.3) is 40.3 Å². The van der Waals surface area contributed by atoms with E-state index in [4.69, 9.17) is 11.5 Å². The second-order valence-corrected chi connectivity index (χ2v) is 15.3. The van der Waals surface area contributed by atoms with Gasteiger partial charge in [0.05, 0.1) is 21.2 Å². The fourth-order valence-electron chi connectivity index (χ4n) is 3.82. The minimum atomic E-state index is -4.94. The number of sulfonamides is 2. The van der Waals surface area contributed by atoms with Gasteiger partial charge in [0.15, 0.2) is 0 Å². The van der Waals surface area contributed by atoms with Crippen LogP contribution in [-0.2, 0) is 40.3 Å². The Hall–Kier alpha value is -4.46. The summed E-state index contributed by atoms with van der Waals surface area (Å²) in [4.78, 5) is -1.79. The lowest BCUT2D eigenvalue weighted by atomic mass is 10.1. The summed E-state index contributed by atoms with van der Waals surface area (Å²) >= 11 is 0. The molecule has 0 aliphatic carbocycles. The van der Waals surface area contributed by atoms with Crippen molar-refractivity contribution < 1.29 is 42.8 Å². The first-order chi connectivity index (χ1) is 20.3. The Morgan fingerprint density at radius 1 is 0.500 bits per heavy atom. The summed E-state index contributed by atoms with van der Waals surface area (Å²) in [7, 11) is -18.2. The van der Waals surface area contributed by atoms with Crippen LogP contribution < -0.4 is 20.9 Å². The minimum absolute atomic E-state index is 0.166. The van der Waals surface area contributed by atoms with E-state index in [0.29, 0.717) is 11.4 Å². The number of nitrogens with two attached hydrogens (primary N) is 2. The molecule has 0 radical (unpaired) electrons. The number of rotatable bonds is 10. The molecule has 0 atom stereocenters. The molecular formula is C26H24N4O10S4. The summed E-state index contributed by atoms with van der Waals surface area (Å²) in [6.45, 7) is 0. The van der Waals surface area contributed by atoms with Crippen LogP contribution in [0.2, 0.25) is 0 Å². The number of benzene rings is 4. The lowest BCUT2D eigenvalue weighted by Gasteiger charge is -2.12. The smallest absolute Gasteiger partial charge is 0.295 e. The summed E-state index contributed by atoms with van der Waals surface area (Å²) in [5.74, 6) is 0. The van der Waals surface area contributed by atoms with E-state index in [1.807, 2.05) is 0 Å². The first kappa shape index (κ1) is 32.5. The molecule has 44 heavy (non-hydrogen) atoms. The number of hydrogen-bond donors (Lipinski definition) is 6. The zero-order valence-electron chi connectivity index (χ0n) is 22.2. The topological polar surface area (TPSA) is 253 Å². The second kappa shape index (κ2) is 11.9. The fraction of sp³-hybridized carbons (Fsp3) is 0. The zero-order valence-corrected chi connectivity index (χ0v) is 25.5. The van der Waals surface area contributed by atoms with Gasteiger partial charge < -0.3 is 11.5 Å². The van der Waals surface area contributed by atoms with Gasteiger partial charge in [0.2, 0.25) is 0 Å². The molecule has 4 aromatic carbocycles.